The lowest BCUT2D eigenvalue weighted by atomic mass is 9.94. The molecule has 14 rings (SSSR count). The molecule has 0 aliphatic rings. The molecule has 0 aliphatic heterocycles. The van der Waals surface area contributed by atoms with Crippen molar-refractivity contribution in [2.45, 2.75) is 150 Å². The number of ketones is 4. The van der Waals surface area contributed by atoms with Crippen molar-refractivity contribution in [3.05, 3.63) is 357 Å². The highest BCUT2D eigenvalue weighted by molar-refractivity contribution is 7.99. The first-order chi connectivity index (χ1) is 60.6. The lowest BCUT2D eigenvalue weighted by molar-refractivity contribution is -0.141. The normalized spacial score (nSPS) is 11.5. The van der Waals surface area contributed by atoms with Gasteiger partial charge in [-0.25, -0.2) is 19.2 Å². The molecule has 0 aliphatic carbocycles. The van der Waals surface area contributed by atoms with Gasteiger partial charge >= 0.3 is 23.9 Å². The van der Waals surface area contributed by atoms with Crippen LogP contribution in [-0.2, 0) is 35.5 Å². The molecule has 634 valence electrons. The maximum absolute atomic E-state index is 13.2. The van der Waals surface area contributed by atoms with Crippen LogP contribution in [0, 0.1) is 20.8 Å². The molecule has 0 amide bonds. The van der Waals surface area contributed by atoms with E-state index in [1.165, 1.54) is 13.8 Å². The predicted molar refractivity (Wildman–Crippen MR) is 495 cm³/mol. The minimum absolute atomic E-state index is 0.00870. The number of aryl methyl sites for hydroxylation is 4. The van der Waals surface area contributed by atoms with E-state index in [1.54, 1.807) is 117 Å². The Kier molecular flexibility index (Phi) is 33.3. The largest absolute Gasteiger partial charge is 0.457 e. The lowest BCUT2D eigenvalue weighted by Crippen LogP contribution is -2.16. The summed E-state index contributed by atoms with van der Waals surface area (Å²) < 4.78 is 14.0. The van der Waals surface area contributed by atoms with Gasteiger partial charge in [-0.3, -0.25) is 19.2 Å². The third kappa shape index (κ3) is 25.2. The number of carbonyl (C=O) groups is 8. The Hall–Kier alpha value is -14.4. The molecule has 0 saturated carbocycles. The van der Waals surface area contributed by atoms with E-state index in [0.29, 0.717) is 80.1 Å². The van der Waals surface area contributed by atoms with E-state index in [9.17, 15) is 38.4 Å². The number of unbranched alkanes of at least 4 members (excludes halogenated alkanes) is 6. The summed E-state index contributed by atoms with van der Waals surface area (Å²) in [6.45, 7) is 19.2. The molecule has 0 unspecified atom stereocenters. The summed E-state index contributed by atoms with van der Waals surface area (Å²) in [5, 5.41) is 19.5. The number of rotatable bonds is 31. The first-order valence-corrected chi connectivity index (χ1v) is 42.5. The number of ether oxygens (including phenoxy) is 1. The van der Waals surface area contributed by atoms with Crippen LogP contribution in [0.1, 0.15) is 214 Å². The van der Waals surface area contributed by atoms with Gasteiger partial charge in [-0.1, -0.05) is 206 Å². The van der Waals surface area contributed by atoms with E-state index in [2.05, 4.69) is 46.0 Å². The van der Waals surface area contributed by atoms with Crippen LogP contribution in [0.25, 0.3) is 43.7 Å². The Bertz CT molecular complexity index is 6100. The third-order valence-electron chi connectivity index (χ3n) is 20.5. The Morgan fingerprint density at radius 3 is 1.22 bits per heavy atom. The Balaban J connectivity index is 0.000000162. The smallest absolute Gasteiger partial charge is 0.365 e. The molecule has 0 radical (unpaired) electrons. The van der Waals surface area contributed by atoms with Crippen LogP contribution >= 0.6 is 11.8 Å². The maximum atomic E-state index is 13.2. The summed E-state index contributed by atoms with van der Waals surface area (Å²) in [6, 6.07) is 87.6. The summed E-state index contributed by atoms with van der Waals surface area (Å²) in [5.41, 5.74) is 14.3. The van der Waals surface area contributed by atoms with Crippen LogP contribution in [0.2, 0.25) is 0 Å². The van der Waals surface area contributed by atoms with Gasteiger partial charge in [0.2, 0.25) is 11.6 Å². The van der Waals surface area contributed by atoms with Gasteiger partial charge in [0.15, 0.2) is 11.6 Å². The summed E-state index contributed by atoms with van der Waals surface area (Å²) in [7, 11) is 0. The first-order valence-electron chi connectivity index (χ1n) is 41.7. The van der Waals surface area contributed by atoms with Crippen molar-refractivity contribution in [1.82, 2.24) is 4.57 Å². The molecule has 0 fully saturated rings. The molecule has 0 spiro atoms. The number of para-hydroxylation sites is 1. The van der Waals surface area contributed by atoms with Crippen LogP contribution in [0.5, 0.6) is 11.5 Å². The molecule has 14 aromatic rings. The molecular formula is C105H99N5O14S. The van der Waals surface area contributed by atoms with Crippen molar-refractivity contribution in [2.24, 2.45) is 20.6 Å². The number of oxime groups is 4. The zero-order valence-corrected chi connectivity index (χ0v) is 72.6. The summed E-state index contributed by atoms with van der Waals surface area (Å²) >= 11 is 1.64. The van der Waals surface area contributed by atoms with E-state index in [0.717, 1.165) is 139 Å². The highest BCUT2D eigenvalue weighted by atomic mass is 32.2. The van der Waals surface area contributed by atoms with Crippen molar-refractivity contribution >= 4 is 125 Å². The number of nitrogens with zero attached hydrogens (tertiary/aromatic N) is 5. The molecule has 20 heteroatoms. The van der Waals surface area contributed by atoms with E-state index >= 15 is 0 Å². The van der Waals surface area contributed by atoms with Crippen LogP contribution in [0.15, 0.2) is 320 Å². The highest BCUT2D eigenvalue weighted by Crippen LogP contribution is 2.35. The van der Waals surface area contributed by atoms with Crippen LogP contribution in [-0.4, -0.2) is 74.4 Å². The van der Waals surface area contributed by atoms with Crippen molar-refractivity contribution in [2.75, 3.05) is 0 Å². The SMILES string of the molecule is CC(=O)O/N=C(/C)c1ccc2oc3ccc(C(=O)c4c(C)cccc4C)cc3c2c1.CCCCCC/C(=N\OC(=O)c1ccccc1)C(=O)c1ccc(Oc2ccccc2)cc1.CCCCCC/C(=N\OC(=O)c1ccccc1)C(=O)c1ccc(Sc2ccccc2)cc1.CCn1c2ccc(C(=O)c3ccccc3C)cc2c2cc(/C(C)=N\OC(C)=O)ccc21. The van der Waals surface area contributed by atoms with Gasteiger partial charge in [-0.2, -0.15) is 0 Å². The molecule has 0 N–H and O–H groups in total. The van der Waals surface area contributed by atoms with Gasteiger partial charge in [-0.15, -0.1) is 0 Å². The number of hydrogen-bond donors (Lipinski definition) is 0. The number of Topliss-reactive ketones (excluding diaryl/α,β-unsaturated/α-hetero) is 2. The Morgan fingerprint density at radius 1 is 0.344 bits per heavy atom. The van der Waals surface area contributed by atoms with Crippen molar-refractivity contribution in [3.63, 3.8) is 0 Å². The van der Waals surface area contributed by atoms with Gasteiger partial charge in [-0.05, 0) is 259 Å². The third-order valence-corrected chi connectivity index (χ3v) is 21.5. The number of aromatic nitrogens is 1. The van der Waals surface area contributed by atoms with Crippen LogP contribution in [0.4, 0.5) is 0 Å². The fraction of sp³-hybridized carbons (Fsp3) is 0.200. The minimum atomic E-state index is -0.587. The van der Waals surface area contributed by atoms with Crippen molar-refractivity contribution < 1.29 is 66.9 Å². The van der Waals surface area contributed by atoms with Crippen LogP contribution < -0.4 is 4.74 Å². The average molecular weight is 1690 g/mol. The number of carbonyl (C=O) groups excluding carboxylic acids is 8. The van der Waals surface area contributed by atoms with E-state index in [-0.39, 0.29) is 34.6 Å². The van der Waals surface area contributed by atoms with Crippen LogP contribution in [0.3, 0.4) is 0 Å². The average Bonchev–Trinajstić information content (AvgIpc) is 1.60. The zero-order chi connectivity index (χ0) is 88.7. The van der Waals surface area contributed by atoms with E-state index in [4.69, 9.17) is 28.5 Å². The Morgan fingerprint density at radius 2 is 0.736 bits per heavy atom. The molecule has 19 nitrogen and oxygen atoms in total. The molecule has 0 atom stereocenters. The molecule has 125 heavy (non-hydrogen) atoms. The number of fused-ring (bicyclic) bond motifs is 6. The number of furan rings is 1. The molecule has 0 bridgehead atoms. The van der Waals surface area contributed by atoms with Gasteiger partial charge in [0.25, 0.3) is 0 Å². The van der Waals surface area contributed by atoms with Gasteiger partial charge < -0.3 is 33.1 Å². The topological polar surface area (TPSA) is 250 Å². The fourth-order valence-corrected chi connectivity index (χ4v) is 14.7. The maximum Gasteiger partial charge on any atom is 0.365 e. The lowest BCUT2D eigenvalue weighted by Gasteiger charge is -2.08. The van der Waals surface area contributed by atoms with Crippen molar-refractivity contribution in [1.29, 1.82) is 0 Å². The quantitative estimate of drug-likeness (QED) is 0.0129. The minimum Gasteiger partial charge on any atom is -0.457 e. The summed E-state index contributed by atoms with van der Waals surface area (Å²) in [5.74, 6) is -1.20. The number of hydrogen-bond acceptors (Lipinski definition) is 19. The van der Waals surface area contributed by atoms with E-state index in [1.807, 2.05) is 215 Å². The van der Waals surface area contributed by atoms with Gasteiger partial charge in [0, 0.05) is 96.1 Å². The second-order valence-electron chi connectivity index (χ2n) is 29.7. The molecule has 2 heterocycles. The summed E-state index contributed by atoms with van der Waals surface area (Å²) in [4.78, 5) is 121. The monoisotopic (exact) mass is 1690 g/mol. The van der Waals surface area contributed by atoms with E-state index < -0.39 is 23.9 Å². The first kappa shape index (κ1) is 91.4. The Labute approximate surface area is 731 Å². The zero-order valence-electron chi connectivity index (χ0n) is 71.8. The second-order valence-corrected chi connectivity index (χ2v) is 30.9. The fourth-order valence-electron chi connectivity index (χ4n) is 13.8. The second kappa shape index (κ2) is 45.5. The van der Waals surface area contributed by atoms with Gasteiger partial charge in [0.1, 0.15) is 34.1 Å². The van der Waals surface area contributed by atoms with Gasteiger partial charge in [0.05, 0.1) is 22.6 Å². The predicted octanol–water partition coefficient (Wildman–Crippen LogP) is 25.4. The molecular weight excluding hydrogens is 1590 g/mol. The molecule has 0 saturated heterocycles. The number of benzene rings is 12. The summed E-state index contributed by atoms with van der Waals surface area (Å²) in [6.07, 6.45) is 8.90. The molecule has 2 aromatic heterocycles. The van der Waals surface area contributed by atoms with Crippen molar-refractivity contribution in [3.8, 4) is 11.5 Å². The molecule has 12 aromatic carbocycles. The standard InChI is InChI=1S/C27H27NO4.C27H27NO3S.C26H24N2O3.C25H21NO4/c1-2-3-4-11-16-25(28-32-27(30)22-12-7-5-8-13-22)26(29)21-17-19-24(20-18-21)31-23-14-9-6-10-15-23;1-2-3-4-11-16-25(28-31-27(30)22-12-7-5-8-13-22)26(29)21-17-19-24(20-18-21)32-23-14-9-6-10-15-23;1-5-28-24-12-10-19(17(3)27-31-18(4)29)14-22(24)23-15-20(11-13-25(23)28)26(30)21-9-7-6-8-16(21)2;1-14-6-5-7-15(2)24(14)25(28)19-9-11-23-21(13-19)20-12-18(8-10-22(20)29-23)16(3)26-30-17(4)27/h2*5-10,12-15,17-20H,2-4,11,16H2,1H3;6-15H,5H2,1-4H3;5-13H,1-4H3/b2*28-25+;27-17-;26-16-. The highest BCUT2D eigenvalue weighted by Gasteiger charge is 2.23.